The quantitative estimate of drug-likeness (QED) is 0.776. The van der Waals surface area contributed by atoms with Crippen LogP contribution < -0.4 is 5.32 Å². The lowest BCUT2D eigenvalue weighted by Crippen LogP contribution is -2.26. The van der Waals surface area contributed by atoms with E-state index < -0.39 is 5.82 Å². The first-order valence-electron chi connectivity index (χ1n) is 5.10. The summed E-state index contributed by atoms with van der Waals surface area (Å²) in [4.78, 5) is 0. The Labute approximate surface area is 93.1 Å². The molecule has 0 radical (unpaired) electrons. The van der Waals surface area contributed by atoms with Crippen molar-refractivity contribution in [1.29, 1.82) is 0 Å². The van der Waals surface area contributed by atoms with Crippen molar-refractivity contribution in [1.82, 2.24) is 5.32 Å². The Balaban J connectivity index is 2.33. The Kier molecular flexibility index (Phi) is 3.12. The van der Waals surface area contributed by atoms with E-state index in [-0.39, 0.29) is 11.8 Å². The van der Waals surface area contributed by atoms with E-state index >= 15 is 0 Å². The van der Waals surface area contributed by atoms with Crippen LogP contribution in [0.15, 0.2) is 12.1 Å². The summed E-state index contributed by atoms with van der Waals surface area (Å²) in [5.41, 5.74) is 0.569. The molecule has 1 aliphatic rings. The van der Waals surface area contributed by atoms with Gasteiger partial charge >= 0.3 is 0 Å². The molecule has 1 aliphatic heterocycles. The van der Waals surface area contributed by atoms with Crippen LogP contribution in [0.2, 0.25) is 5.02 Å². The van der Waals surface area contributed by atoms with Crippen molar-refractivity contribution >= 4 is 11.6 Å². The average Bonchev–Trinajstić information content (AvgIpc) is 2.24. The molecular weight excluding hydrogens is 217 g/mol. The Hall–Kier alpha value is -0.800. The van der Waals surface area contributed by atoms with Gasteiger partial charge in [-0.25, -0.2) is 4.39 Å². The van der Waals surface area contributed by atoms with E-state index in [1.807, 2.05) is 0 Å². The van der Waals surface area contributed by atoms with E-state index in [1.54, 1.807) is 6.07 Å². The molecule has 0 bridgehead atoms. The SMILES string of the molecule is Oc1c(F)cc(Cl)cc1[C@@H]1CCCCN1. The highest BCUT2D eigenvalue weighted by atomic mass is 35.5. The van der Waals surface area contributed by atoms with Crippen molar-refractivity contribution in [2.75, 3.05) is 6.54 Å². The molecule has 82 valence electrons. The molecule has 0 saturated carbocycles. The van der Waals surface area contributed by atoms with Gasteiger partial charge < -0.3 is 10.4 Å². The number of piperidine rings is 1. The zero-order valence-electron chi connectivity index (χ0n) is 8.26. The highest BCUT2D eigenvalue weighted by molar-refractivity contribution is 6.30. The Morgan fingerprint density at radius 1 is 1.40 bits per heavy atom. The van der Waals surface area contributed by atoms with Crippen molar-refractivity contribution in [3.63, 3.8) is 0 Å². The van der Waals surface area contributed by atoms with Crippen LogP contribution in [0.1, 0.15) is 30.9 Å². The van der Waals surface area contributed by atoms with Crippen molar-refractivity contribution in [3.05, 3.63) is 28.5 Å². The van der Waals surface area contributed by atoms with E-state index in [1.165, 1.54) is 0 Å². The van der Waals surface area contributed by atoms with Crippen LogP contribution in [0.3, 0.4) is 0 Å². The predicted molar refractivity (Wildman–Crippen MR) is 57.7 cm³/mol. The molecule has 1 heterocycles. The lowest BCUT2D eigenvalue weighted by molar-refractivity contribution is 0.377. The number of phenolic OH excluding ortho intramolecular Hbond substituents is 1. The van der Waals surface area contributed by atoms with Crippen LogP contribution in [-0.2, 0) is 0 Å². The van der Waals surface area contributed by atoms with Gasteiger partial charge in [-0.1, -0.05) is 18.0 Å². The fraction of sp³-hybridized carbons (Fsp3) is 0.455. The van der Waals surface area contributed by atoms with Gasteiger partial charge in [-0.2, -0.15) is 0 Å². The summed E-state index contributed by atoms with van der Waals surface area (Å²) in [5, 5.41) is 13.2. The third kappa shape index (κ3) is 2.24. The lowest BCUT2D eigenvalue weighted by atomic mass is 9.97. The molecule has 0 amide bonds. The second-order valence-corrected chi connectivity index (χ2v) is 4.26. The Bertz CT molecular complexity index is 364. The minimum atomic E-state index is -0.648. The van der Waals surface area contributed by atoms with E-state index in [2.05, 4.69) is 5.32 Å². The van der Waals surface area contributed by atoms with E-state index in [4.69, 9.17) is 11.6 Å². The first kappa shape index (κ1) is 10.7. The molecule has 0 aromatic heterocycles. The highest BCUT2D eigenvalue weighted by Crippen LogP contribution is 2.33. The molecule has 1 fully saturated rings. The largest absolute Gasteiger partial charge is 0.505 e. The standard InChI is InChI=1S/C11H13ClFNO/c12-7-5-8(11(15)9(13)6-7)10-3-1-2-4-14-10/h5-6,10,14-15H,1-4H2/t10-/m0/s1. The molecule has 15 heavy (non-hydrogen) atoms. The third-order valence-electron chi connectivity index (χ3n) is 2.74. The second kappa shape index (κ2) is 4.37. The summed E-state index contributed by atoms with van der Waals surface area (Å²) in [5.74, 6) is -0.927. The van der Waals surface area contributed by atoms with Gasteiger partial charge in [0.2, 0.25) is 0 Å². The number of halogens is 2. The number of hydrogen-bond donors (Lipinski definition) is 2. The highest BCUT2D eigenvalue weighted by Gasteiger charge is 2.20. The number of benzene rings is 1. The third-order valence-corrected chi connectivity index (χ3v) is 2.96. The Morgan fingerprint density at radius 3 is 2.87 bits per heavy atom. The second-order valence-electron chi connectivity index (χ2n) is 3.83. The van der Waals surface area contributed by atoms with Gasteiger partial charge in [0.25, 0.3) is 0 Å². The topological polar surface area (TPSA) is 32.3 Å². The molecule has 1 saturated heterocycles. The van der Waals surface area contributed by atoms with E-state index in [0.717, 1.165) is 31.9 Å². The van der Waals surface area contributed by atoms with Crippen molar-refractivity contribution in [2.24, 2.45) is 0 Å². The molecule has 0 unspecified atom stereocenters. The first-order chi connectivity index (χ1) is 7.18. The van der Waals surface area contributed by atoms with Crippen LogP contribution in [0, 0.1) is 5.82 Å². The smallest absolute Gasteiger partial charge is 0.166 e. The normalized spacial score (nSPS) is 21.6. The molecule has 0 spiro atoms. The summed E-state index contributed by atoms with van der Waals surface area (Å²) in [6.07, 6.45) is 3.12. The average molecular weight is 230 g/mol. The number of hydrogen-bond acceptors (Lipinski definition) is 2. The summed E-state index contributed by atoms with van der Waals surface area (Å²) < 4.78 is 13.2. The van der Waals surface area contributed by atoms with Crippen LogP contribution in [0.25, 0.3) is 0 Å². The maximum absolute atomic E-state index is 13.2. The van der Waals surface area contributed by atoms with Gasteiger partial charge in [-0.05, 0) is 31.5 Å². The van der Waals surface area contributed by atoms with E-state index in [0.29, 0.717) is 10.6 Å². The predicted octanol–water partition coefficient (Wildman–Crippen LogP) is 3.00. The van der Waals surface area contributed by atoms with Crippen LogP contribution >= 0.6 is 11.6 Å². The van der Waals surface area contributed by atoms with Gasteiger partial charge in [0.05, 0.1) is 0 Å². The zero-order valence-corrected chi connectivity index (χ0v) is 9.02. The zero-order chi connectivity index (χ0) is 10.8. The van der Waals surface area contributed by atoms with Crippen LogP contribution in [0.5, 0.6) is 5.75 Å². The van der Waals surface area contributed by atoms with Gasteiger partial charge in [-0.3, -0.25) is 0 Å². The maximum atomic E-state index is 13.2. The van der Waals surface area contributed by atoms with Crippen LogP contribution in [-0.4, -0.2) is 11.7 Å². The summed E-state index contributed by atoms with van der Waals surface area (Å²) >= 11 is 5.76. The van der Waals surface area contributed by atoms with Crippen LogP contribution in [0.4, 0.5) is 4.39 Å². The molecule has 0 aliphatic carbocycles. The summed E-state index contributed by atoms with van der Waals surface area (Å²) in [6.45, 7) is 0.901. The first-order valence-corrected chi connectivity index (χ1v) is 5.47. The molecule has 1 aromatic carbocycles. The summed E-state index contributed by atoms with van der Waals surface area (Å²) in [7, 11) is 0. The molecular formula is C11H13ClFNO. The lowest BCUT2D eigenvalue weighted by Gasteiger charge is -2.24. The maximum Gasteiger partial charge on any atom is 0.166 e. The minimum absolute atomic E-state index is 0.0203. The van der Waals surface area contributed by atoms with Crippen molar-refractivity contribution < 1.29 is 9.50 Å². The van der Waals surface area contributed by atoms with Gasteiger partial charge in [-0.15, -0.1) is 0 Å². The summed E-state index contributed by atoms with van der Waals surface area (Å²) in [6, 6.07) is 2.78. The molecule has 1 aromatic rings. The van der Waals surface area contributed by atoms with Crippen molar-refractivity contribution in [2.45, 2.75) is 25.3 Å². The molecule has 4 heteroatoms. The monoisotopic (exact) mass is 229 g/mol. The number of rotatable bonds is 1. The van der Waals surface area contributed by atoms with Gasteiger partial charge in [0.1, 0.15) is 0 Å². The van der Waals surface area contributed by atoms with Crippen molar-refractivity contribution in [3.8, 4) is 5.75 Å². The van der Waals surface area contributed by atoms with E-state index in [9.17, 15) is 9.50 Å². The molecule has 2 nitrogen and oxygen atoms in total. The fourth-order valence-corrected chi connectivity index (χ4v) is 2.18. The Morgan fingerprint density at radius 2 is 2.20 bits per heavy atom. The fourth-order valence-electron chi connectivity index (χ4n) is 1.97. The van der Waals surface area contributed by atoms with Gasteiger partial charge in [0.15, 0.2) is 11.6 Å². The molecule has 1 atom stereocenters. The number of aromatic hydroxyl groups is 1. The van der Waals surface area contributed by atoms with Gasteiger partial charge in [0, 0.05) is 16.6 Å². The molecule has 2 rings (SSSR count). The minimum Gasteiger partial charge on any atom is -0.505 e. The number of phenols is 1. The number of nitrogens with one attached hydrogen (secondary N) is 1. The molecule has 2 N–H and O–H groups in total.